The molecule has 1 aromatic rings. The van der Waals surface area contributed by atoms with Crippen molar-refractivity contribution in [2.24, 2.45) is 5.92 Å². The maximum atomic E-state index is 12.4. The molecule has 2 heterocycles. The molecule has 2 atom stereocenters. The van der Waals surface area contributed by atoms with Gasteiger partial charge in [0.15, 0.2) is 6.10 Å². The van der Waals surface area contributed by atoms with Crippen molar-refractivity contribution in [3.8, 4) is 5.75 Å². The molecule has 9 heteroatoms. The number of hydrogen-bond donors (Lipinski definition) is 1. The van der Waals surface area contributed by atoms with E-state index < -0.39 is 29.9 Å². The van der Waals surface area contributed by atoms with Crippen molar-refractivity contribution in [2.75, 3.05) is 31.6 Å². The van der Waals surface area contributed by atoms with E-state index in [1.165, 1.54) is 18.9 Å². The number of hydrogen-bond acceptors (Lipinski definition) is 6. The monoisotopic (exact) mass is 375 g/mol. The van der Waals surface area contributed by atoms with E-state index in [-0.39, 0.29) is 25.4 Å². The van der Waals surface area contributed by atoms with Gasteiger partial charge in [-0.1, -0.05) is 12.1 Å². The minimum atomic E-state index is -1.10. The maximum absolute atomic E-state index is 12.4. The lowest BCUT2D eigenvalue weighted by molar-refractivity contribution is -0.160. The van der Waals surface area contributed by atoms with Crippen LogP contribution in [-0.4, -0.2) is 61.6 Å². The van der Waals surface area contributed by atoms with Crippen LogP contribution in [0.5, 0.6) is 5.75 Å². The van der Waals surface area contributed by atoms with Gasteiger partial charge < -0.3 is 19.7 Å². The van der Waals surface area contributed by atoms with Crippen molar-refractivity contribution in [1.29, 1.82) is 0 Å². The Hall–Kier alpha value is -3.10. The number of nitrogens with zero attached hydrogens (tertiary/aromatic N) is 2. The molecule has 9 nitrogen and oxygen atoms in total. The molecule has 0 bridgehead atoms. The lowest BCUT2D eigenvalue weighted by Crippen LogP contribution is -2.42. The number of nitrogens with one attached hydrogen (secondary N) is 1. The number of carbonyl (C=O) groups excluding carboxylic acids is 4. The molecule has 0 spiro atoms. The zero-order valence-electron chi connectivity index (χ0n) is 15.1. The number of amides is 4. The maximum Gasteiger partial charge on any atom is 0.324 e. The molecule has 2 saturated heterocycles. The fourth-order valence-corrected chi connectivity index (χ4v) is 3.17. The minimum absolute atomic E-state index is 0.0119. The van der Waals surface area contributed by atoms with Crippen LogP contribution in [0.3, 0.4) is 0 Å². The van der Waals surface area contributed by atoms with Gasteiger partial charge in [-0.3, -0.25) is 19.3 Å². The van der Waals surface area contributed by atoms with Crippen molar-refractivity contribution in [3.63, 3.8) is 0 Å². The average molecular weight is 375 g/mol. The van der Waals surface area contributed by atoms with Crippen LogP contribution in [-0.2, 0) is 19.1 Å². The van der Waals surface area contributed by atoms with Crippen LogP contribution in [0.1, 0.15) is 13.3 Å². The number of rotatable bonds is 5. The molecule has 27 heavy (non-hydrogen) atoms. The molecule has 1 N–H and O–H groups in total. The number of para-hydroxylation sites is 2. The third-order valence-corrected chi connectivity index (χ3v) is 4.60. The minimum Gasteiger partial charge on any atom is -0.495 e. The fraction of sp³-hybridized carbons (Fsp3) is 0.444. The predicted octanol–water partition coefficient (Wildman–Crippen LogP) is 0.532. The van der Waals surface area contributed by atoms with Gasteiger partial charge in [0.1, 0.15) is 5.75 Å². The first-order valence-corrected chi connectivity index (χ1v) is 8.65. The van der Waals surface area contributed by atoms with E-state index in [0.717, 1.165) is 4.90 Å². The van der Waals surface area contributed by atoms with Gasteiger partial charge in [0.25, 0.3) is 5.91 Å². The van der Waals surface area contributed by atoms with Gasteiger partial charge in [-0.05, 0) is 19.1 Å². The summed E-state index contributed by atoms with van der Waals surface area (Å²) in [6, 6.07) is 6.54. The summed E-state index contributed by atoms with van der Waals surface area (Å²) < 4.78 is 10.5. The first-order valence-electron chi connectivity index (χ1n) is 8.65. The Kier molecular flexibility index (Phi) is 5.29. The zero-order chi connectivity index (χ0) is 19.6. The molecule has 144 valence electrons. The van der Waals surface area contributed by atoms with Crippen molar-refractivity contribution in [3.05, 3.63) is 24.3 Å². The molecule has 4 amide bonds. The topological polar surface area (TPSA) is 105 Å². The largest absolute Gasteiger partial charge is 0.495 e. The molecule has 1 aromatic carbocycles. The molecule has 0 aliphatic carbocycles. The molecule has 0 saturated carbocycles. The second-order valence-electron chi connectivity index (χ2n) is 6.38. The Morgan fingerprint density at radius 3 is 2.67 bits per heavy atom. The third-order valence-electron chi connectivity index (χ3n) is 4.60. The van der Waals surface area contributed by atoms with Crippen LogP contribution < -0.4 is 15.0 Å². The zero-order valence-corrected chi connectivity index (χ0v) is 15.1. The lowest BCUT2D eigenvalue weighted by atomic mass is 10.1. The normalized spacial score (nSPS) is 20.4. The van der Waals surface area contributed by atoms with Crippen molar-refractivity contribution in [2.45, 2.75) is 19.4 Å². The predicted molar refractivity (Wildman–Crippen MR) is 94.1 cm³/mol. The molecule has 0 radical (unpaired) electrons. The van der Waals surface area contributed by atoms with Crippen LogP contribution in [0.15, 0.2) is 24.3 Å². The number of anilines is 1. The summed E-state index contributed by atoms with van der Waals surface area (Å²) in [5, 5.41) is 2.52. The van der Waals surface area contributed by atoms with Crippen molar-refractivity contribution < 1.29 is 28.7 Å². The Morgan fingerprint density at radius 1 is 1.26 bits per heavy atom. The highest BCUT2D eigenvalue weighted by Crippen LogP contribution is 2.33. The van der Waals surface area contributed by atoms with E-state index in [2.05, 4.69) is 5.32 Å². The Morgan fingerprint density at radius 2 is 2.00 bits per heavy atom. The standard InChI is InChI=1S/C18H21N3O6/c1-11(16(23)20-8-7-19-18(20)25)27-17(24)12-9-15(22)21(10-12)13-5-3-4-6-14(13)26-2/h3-6,11-12H,7-10H2,1-2H3,(H,19,25)/t11-,12-/m1/s1. The highest BCUT2D eigenvalue weighted by molar-refractivity contribution is 6.01. The molecule has 3 rings (SSSR count). The van der Waals surface area contributed by atoms with Gasteiger partial charge in [0.05, 0.1) is 18.7 Å². The number of benzene rings is 1. The Bertz CT molecular complexity index is 780. The first-order chi connectivity index (χ1) is 12.9. The highest BCUT2D eigenvalue weighted by atomic mass is 16.5. The summed E-state index contributed by atoms with van der Waals surface area (Å²) in [6.45, 7) is 2.17. The third kappa shape index (κ3) is 3.71. The van der Waals surface area contributed by atoms with Gasteiger partial charge in [0, 0.05) is 26.1 Å². The second kappa shape index (κ2) is 7.65. The lowest BCUT2D eigenvalue weighted by Gasteiger charge is -2.21. The van der Waals surface area contributed by atoms with Gasteiger partial charge in [-0.15, -0.1) is 0 Å². The molecule has 0 unspecified atom stereocenters. The van der Waals surface area contributed by atoms with Crippen molar-refractivity contribution in [1.82, 2.24) is 10.2 Å². The average Bonchev–Trinajstić information content (AvgIpc) is 3.26. The van der Waals surface area contributed by atoms with Crippen LogP contribution >= 0.6 is 0 Å². The molecule has 2 fully saturated rings. The summed E-state index contributed by atoms with van der Waals surface area (Å²) in [7, 11) is 1.51. The van der Waals surface area contributed by atoms with E-state index in [0.29, 0.717) is 18.0 Å². The first kappa shape index (κ1) is 18.7. The molecule has 0 aromatic heterocycles. The van der Waals surface area contributed by atoms with Crippen LogP contribution in [0.4, 0.5) is 10.5 Å². The van der Waals surface area contributed by atoms with Gasteiger partial charge >= 0.3 is 12.0 Å². The van der Waals surface area contributed by atoms with Gasteiger partial charge in [-0.25, -0.2) is 4.79 Å². The molecular formula is C18H21N3O6. The summed E-state index contributed by atoms with van der Waals surface area (Å²) >= 11 is 0. The smallest absolute Gasteiger partial charge is 0.324 e. The fourth-order valence-electron chi connectivity index (χ4n) is 3.17. The van der Waals surface area contributed by atoms with Crippen LogP contribution in [0, 0.1) is 5.92 Å². The van der Waals surface area contributed by atoms with Crippen molar-refractivity contribution >= 4 is 29.5 Å². The molecular weight excluding hydrogens is 354 g/mol. The highest BCUT2D eigenvalue weighted by Gasteiger charge is 2.39. The van der Waals surface area contributed by atoms with E-state index in [9.17, 15) is 19.2 Å². The van der Waals surface area contributed by atoms with E-state index >= 15 is 0 Å². The number of imide groups is 1. The molecule has 2 aliphatic rings. The quantitative estimate of drug-likeness (QED) is 0.753. The summed E-state index contributed by atoms with van der Waals surface area (Å²) in [4.78, 5) is 51.1. The van der Waals surface area contributed by atoms with E-state index in [1.807, 2.05) is 0 Å². The Labute approximate surface area is 156 Å². The number of carbonyl (C=O) groups is 4. The number of methoxy groups -OCH3 is 1. The number of ether oxygens (including phenoxy) is 2. The Balaban J connectivity index is 1.63. The second-order valence-corrected chi connectivity index (χ2v) is 6.38. The summed E-state index contributed by atoms with van der Waals surface area (Å²) in [5.74, 6) is -1.60. The number of urea groups is 1. The van der Waals surface area contributed by atoms with E-state index in [1.54, 1.807) is 24.3 Å². The van der Waals surface area contributed by atoms with Crippen LogP contribution in [0.25, 0.3) is 0 Å². The number of esters is 1. The SMILES string of the molecule is COc1ccccc1N1C[C@H](C(=O)O[C@H](C)C(=O)N2CCNC2=O)CC1=O. The van der Waals surface area contributed by atoms with Gasteiger partial charge in [0.2, 0.25) is 5.91 Å². The van der Waals surface area contributed by atoms with E-state index in [4.69, 9.17) is 9.47 Å². The molecule has 2 aliphatic heterocycles. The summed E-state index contributed by atoms with van der Waals surface area (Å²) in [6.07, 6.45) is -1.11. The van der Waals surface area contributed by atoms with Crippen LogP contribution in [0.2, 0.25) is 0 Å². The van der Waals surface area contributed by atoms with Gasteiger partial charge in [-0.2, -0.15) is 0 Å². The summed E-state index contributed by atoms with van der Waals surface area (Å²) in [5.41, 5.74) is 0.582.